The van der Waals surface area contributed by atoms with Crippen LogP contribution in [0.4, 0.5) is 0 Å². The molecule has 100 valence electrons. The number of hydrazine groups is 1. The van der Waals surface area contributed by atoms with Crippen LogP contribution in [0.3, 0.4) is 0 Å². The Hall–Kier alpha value is -0.940. The quantitative estimate of drug-likeness (QED) is 0.943. The van der Waals surface area contributed by atoms with Crippen molar-refractivity contribution in [3.8, 4) is 0 Å². The lowest BCUT2D eigenvalue weighted by molar-refractivity contribution is 0.194. The summed E-state index contributed by atoms with van der Waals surface area (Å²) < 4.78 is 0. The molecule has 1 aliphatic heterocycles. The molecule has 0 spiro atoms. The van der Waals surface area contributed by atoms with Gasteiger partial charge in [0.1, 0.15) is 0 Å². The SMILES string of the molecule is Clc1ccc2c(c1)CCN(NCc1cncs1)CC2. The van der Waals surface area contributed by atoms with Gasteiger partial charge in [-0.3, -0.25) is 4.98 Å². The van der Waals surface area contributed by atoms with Crippen molar-refractivity contribution in [1.29, 1.82) is 0 Å². The molecule has 1 N–H and O–H groups in total. The molecule has 1 aliphatic rings. The average molecular weight is 294 g/mol. The highest BCUT2D eigenvalue weighted by Crippen LogP contribution is 2.20. The van der Waals surface area contributed by atoms with Gasteiger partial charge in [-0.1, -0.05) is 17.7 Å². The van der Waals surface area contributed by atoms with Gasteiger partial charge in [0.25, 0.3) is 0 Å². The molecule has 1 aromatic heterocycles. The highest BCUT2D eigenvalue weighted by atomic mass is 35.5. The zero-order valence-corrected chi connectivity index (χ0v) is 12.2. The van der Waals surface area contributed by atoms with Crippen LogP contribution in [0.25, 0.3) is 0 Å². The van der Waals surface area contributed by atoms with E-state index in [9.17, 15) is 0 Å². The standard InChI is InChI=1S/C14H16ClN3S/c15-13-2-1-11-3-5-18(6-4-12(11)7-13)17-9-14-8-16-10-19-14/h1-2,7-8,10,17H,3-6,9H2. The second-order valence-corrected chi connectivity index (χ2v) is 6.11. The molecule has 0 fully saturated rings. The minimum atomic E-state index is 0.838. The third-order valence-electron chi connectivity index (χ3n) is 3.43. The number of hydrogen-bond acceptors (Lipinski definition) is 4. The molecule has 0 saturated heterocycles. The topological polar surface area (TPSA) is 28.2 Å². The van der Waals surface area contributed by atoms with Crippen LogP contribution in [0.2, 0.25) is 5.02 Å². The fourth-order valence-corrected chi connectivity index (χ4v) is 3.09. The smallest absolute Gasteiger partial charge is 0.0794 e. The summed E-state index contributed by atoms with van der Waals surface area (Å²) in [7, 11) is 0. The summed E-state index contributed by atoms with van der Waals surface area (Å²) in [6, 6.07) is 6.24. The largest absolute Gasteiger partial charge is 0.253 e. The highest BCUT2D eigenvalue weighted by molar-refractivity contribution is 7.09. The summed E-state index contributed by atoms with van der Waals surface area (Å²) in [5, 5.41) is 3.14. The van der Waals surface area contributed by atoms with Crippen LogP contribution in [0, 0.1) is 0 Å². The molecule has 5 heteroatoms. The Kier molecular flexibility index (Phi) is 4.13. The van der Waals surface area contributed by atoms with Gasteiger partial charge in [0.15, 0.2) is 0 Å². The Bertz CT molecular complexity index is 542. The summed E-state index contributed by atoms with van der Waals surface area (Å²) in [5.74, 6) is 0. The van der Waals surface area contributed by atoms with Crippen LogP contribution in [-0.2, 0) is 19.4 Å². The zero-order valence-electron chi connectivity index (χ0n) is 10.6. The van der Waals surface area contributed by atoms with E-state index in [1.165, 1.54) is 16.0 Å². The van der Waals surface area contributed by atoms with Crippen molar-refractivity contribution in [2.24, 2.45) is 0 Å². The molecule has 0 amide bonds. The van der Waals surface area contributed by atoms with Crippen LogP contribution in [0.15, 0.2) is 29.9 Å². The van der Waals surface area contributed by atoms with E-state index in [-0.39, 0.29) is 0 Å². The number of benzene rings is 1. The van der Waals surface area contributed by atoms with Gasteiger partial charge in [-0.05, 0) is 36.1 Å². The Balaban J connectivity index is 1.60. The maximum Gasteiger partial charge on any atom is 0.0794 e. The van der Waals surface area contributed by atoms with E-state index < -0.39 is 0 Å². The Labute approximate surface area is 122 Å². The zero-order chi connectivity index (χ0) is 13.1. The van der Waals surface area contributed by atoms with E-state index in [0.29, 0.717) is 0 Å². The first-order valence-corrected chi connectivity index (χ1v) is 7.70. The monoisotopic (exact) mass is 293 g/mol. The van der Waals surface area contributed by atoms with Gasteiger partial charge >= 0.3 is 0 Å². The van der Waals surface area contributed by atoms with E-state index in [0.717, 1.165) is 37.5 Å². The third kappa shape index (κ3) is 3.34. The molecule has 0 atom stereocenters. The molecule has 0 aliphatic carbocycles. The molecule has 0 saturated carbocycles. The first kappa shape index (κ1) is 13.1. The highest BCUT2D eigenvalue weighted by Gasteiger charge is 2.13. The summed E-state index contributed by atoms with van der Waals surface area (Å²) >= 11 is 7.75. The second kappa shape index (κ2) is 6.01. The minimum Gasteiger partial charge on any atom is -0.253 e. The lowest BCUT2D eigenvalue weighted by Gasteiger charge is -2.20. The Morgan fingerprint density at radius 1 is 1.26 bits per heavy atom. The molecule has 3 rings (SSSR count). The maximum absolute atomic E-state index is 6.06. The van der Waals surface area contributed by atoms with E-state index in [2.05, 4.69) is 27.6 Å². The Morgan fingerprint density at radius 2 is 2.11 bits per heavy atom. The molecule has 3 nitrogen and oxygen atoms in total. The second-order valence-electron chi connectivity index (χ2n) is 4.70. The van der Waals surface area contributed by atoms with Crippen molar-refractivity contribution in [2.75, 3.05) is 13.1 Å². The van der Waals surface area contributed by atoms with Gasteiger partial charge < -0.3 is 0 Å². The molecule has 0 unspecified atom stereocenters. The summed E-state index contributed by atoms with van der Waals surface area (Å²) in [5.41, 5.74) is 8.16. The molecule has 19 heavy (non-hydrogen) atoms. The van der Waals surface area contributed by atoms with E-state index in [1.54, 1.807) is 11.3 Å². The lowest BCUT2D eigenvalue weighted by Crippen LogP contribution is -2.39. The predicted octanol–water partition coefficient (Wildman–Crippen LogP) is 2.90. The molecule has 2 aromatic rings. The molecular formula is C14H16ClN3S. The molecular weight excluding hydrogens is 278 g/mol. The number of thiazole rings is 1. The number of nitrogens with zero attached hydrogens (tertiary/aromatic N) is 2. The van der Waals surface area contributed by atoms with Gasteiger partial charge in [0.2, 0.25) is 0 Å². The summed E-state index contributed by atoms with van der Waals surface area (Å²) in [6.07, 6.45) is 4.04. The van der Waals surface area contributed by atoms with Crippen molar-refractivity contribution in [3.63, 3.8) is 0 Å². The van der Waals surface area contributed by atoms with Crippen molar-refractivity contribution in [2.45, 2.75) is 19.4 Å². The van der Waals surface area contributed by atoms with Crippen molar-refractivity contribution in [1.82, 2.24) is 15.4 Å². The average Bonchev–Trinajstić information content (AvgIpc) is 2.85. The number of halogens is 1. The van der Waals surface area contributed by atoms with Gasteiger partial charge in [-0.15, -0.1) is 11.3 Å². The normalized spacial score (nSPS) is 16.1. The molecule has 2 heterocycles. The van der Waals surface area contributed by atoms with Crippen molar-refractivity contribution >= 4 is 22.9 Å². The van der Waals surface area contributed by atoms with Crippen LogP contribution < -0.4 is 5.43 Å². The van der Waals surface area contributed by atoms with Crippen LogP contribution in [0.5, 0.6) is 0 Å². The van der Waals surface area contributed by atoms with E-state index in [1.807, 2.05) is 17.8 Å². The predicted molar refractivity (Wildman–Crippen MR) is 79.4 cm³/mol. The van der Waals surface area contributed by atoms with Gasteiger partial charge in [-0.25, -0.2) is 10.4 Å². The number of fused-ring (bicyclic) bond motifs is 1. The lowest BCUT2D eigenvalue weighted by atomic mass is 10.0. The first-order chi connectivity index (χ1) is 9.31. The molecule has 0 bridgehead atoms. The minimum absolute atomic E-state index is 0.838. The third-order valence-corrected chi connectivity index (χ3v) is 4.45. The van der Waals surface area contributed by atoms with Crippen LogP contribution >= 0.6 is 22.9 Å². The van der Waals surface area contributed by atoms with Gasteiger partial charge in [0.05, 0.1) is 5.51 Å². The number of hydrogen-bond donors (Lipinski definition) is 1. The number of nitrogens with one attached hydrogen (secondary N) is 1. The van der Waals surface area contributed by atoms with Crippen molar-refractivity contribution < 1.29 is 0 Å². The summed E-state index contributed by atoms with van der Waals surface area (Å²) in [4.78, 5) is 5.36. The number of aromatic nitrogens is 1. The van der Waals surface area contributed by atoms with Gasteiger partial charge in [-0.2, -0.15) is 0 Å². The van der Waals surface area contributed by atoms with Crippen molar-refractivity contribution in [3.05, 3.63) is 50.9 Å². The summed E-state index contributed by atoms with van der Waals surface area (Å²) in [6.45, 7) is 2.92. The van der Waals surface area contributed by atoms with E-state index in [4.69, 9.17) is 11.6 Å². The maximum atomic E-state index is 6.06. The fraction of sp³-hybridized carbons (Fsp3) is 0.357. The van der Waals surface area contributed by atoms with Gasteiger partial charge in [0, 0.05) is 35.7 Å². The van der Waals surface area contributed by atoms with E-state index >= 15 is 0 Å². The Morgan fingerprint density at radius 3 is 2.89 bits per heavy atom. The fourth-order valence-electron chi connectivity index (χ4n) is 2.37. The molecule has 1 aromatic carbocycles. The van der Waals surface area contributed by atoms with Crippen LogP contribution in [-0.4, -0.2) is 23.1 Å². The first-order valence-electron chi connectivity index (χ1n) is 6.44. The molecule has 0 radical (unpaired) electrons. The van der Waals surface area contributed by atoms with Crippen LogP contribution in [0.1, 0.15) is 16.0 Å². The number of rotatable bonds is 3.